The lowest BCUT2D eigenvalue weighted by Crippen LogP contribution is -2.26. The highest BCUT2D eigenvalue weighted by Crippen LogP contribution is 2.22. The van der Waals surface area contributed by atoms with E-state index in [9.17, 15) is 4.79 Å². The fourth-order valence-corrected chi connectivity index (χ4v) is 4.48. The van der Waals surface area contributed by atoms with E-state index in [2.05, 4.69) is 21.5 Å². The maximum atomic E-state index is 12.5. The van der Waals surface area contributed by atoms with Crippen LogP contribution in [0.4, 0.5) is 0 Å². The van der Waals surface area contributed by atoms with Gasteiger partial charge < -0.3 is 5.32 Å². The van der Waals surface area contributed by atoms with Crippen molar-refractivity contribution in [1.29, 1.82) is 0 Å². The van der Waals surface area contributed by atoms with E-state index in [1.54, 1.807) is 11.3 Å². The van der Waals surface area contributed by atoms with Gasteiger partial charge in [0, 0.05) is 24.2 Å². The number of para-hydroxylation sites is 2. The van der Waals surface area contributed by atoms with Gasteiger partial charge in [0.25, 0.3) is 0 Å². The number of thiazole rings is 1. The van der Waals surface area contributed by atoms with Gasteiger partial charge >= 0.3 is 0 Å². The maximum Gasteiger partial charge on any atom is 0.224 e. The van der Waals surface area contributed by atoms with E-state index in [0.717, 1.165) is 46.0 Å². The number of aryl methyl sites for hydroxylation is 2. The van der Waals surface area contributed by atoms with Crippen LogP contribution in [0.5, 0.6) is 0 Å². The van der Waals surface area contributed by atoms with Crippen LogP contribution in [-0.4, -0.2) is 27.2 Å². The molecule has 0 spiro atoms. The first-order chi connectivity index (χ1) is 14.1. The van der Waals surface area contributed by atoms with Crippen LogP contribution in [-0.2, 0) is 17.6 Å². The summed E-state index contributed by atoms with van der Waals surface area (Å²) in [5.41, 5.74) is 4.97. The third-order valence-corrected chi connectivity index (χ3v) is 6.10. The number of amides is 1. The SMILES string of the molecule is Cc1nn(-c2ccccc2)c(C)c1CC(=O)NCCCc1nc2ccccc2s1. The molecule has 0 aliphatic rings. The van der Waals surface area contributed by atoms with E-state index in [1.165, 1.54) is 4.70 Å². The predicted octanol–water partition coefficient (Wildman–Crippen LogP) is 4.39. The molecule has 5 nitrogen and oxygen atoms in total. The molecule has 0 unspecified atom stereocenters. The van der Waals surface area contributed by atoms with Crippen molar-refractivity contribution in [3.63, 3.8) is 0 Å². The molecule has 0 saturated carbocycles. The molecule has 0 radical (unpaired) electrons. The molecule has 2 heterocycles. The summed E-state index contributed by atoms with van der Waals surface area (Å²) in [4.78, 5) is 17.1. The number of rotatable bonds is 7. The molecule has 0 saturated heterocycles. The molecule has 1 N–H and O–H groups in total. The van der Waals surface area contributed by atoms with Gasteiger partial charge in [-0.2, -0.15) is 5.10 Å². The Kier molecular flexibility index (Phi) is 5.71. The summed E-state index contributed by atoms with van der Waals surface area (Å²) in [5.74, 6) is 0.0353. The van der Waals surface area contributed by atoms with Gasteiger partial charge in [-0.3, -0.25) is 4.79 Å². The minimum Gasteiger partial charge on any atom is -0.356 e. The summed E-state index contributed by atoms with van der Waals surface area (Å²) in [6, 6.07) is 18.2. The Hall–Kier alpha value is -2.99. The lowest BCUT2D eigenvalue weighted by atomic mass is 10.1. The molecule has 0 bridgehead atoms. The number of hydrogen-bond acceptors (Lipinski definition) is 4. The summed E-state index contributed by atoms with van der Waals surface area (Å²) in [5, 5.41) is 8.78. The van der Waals surface area contributed by atoms with Crippen molar-refractivity contribution < 1.29 is 4.79 Å². The van der Waals surface area contributed by atoms with Crippen LogP contribution < -0.4 is 5.32 Å². The van der Waals surface area contributed by atoms with Gasteiger partial charge in [-0.25, -0.2) is 9.67 Å². The van der Waals surface area contributed by atoms with Gasteiger partial charge in [-0.15, -0.1) is 11.3 Å². The highest BCUT2D eigenvalue weighted by atomic mass is 32.1. The lowest BCUT2D eigenvalue weighted by molar-refractivity contribution is -0.120. The zero-order valence-corrected chi connectivity index (χ0v) is 17.5. The average molecular weight is 405 g/mol. The Morgan fingerprint density at radius 2 is 1.83 bits per heavy atom. The molecule has 29 heavy (non-hydrogen) atoms. The van der Waals surface area contributed by atoms with Gasteiger partial charge in [-0.1, -0.05) is 30.3 Å². The third kappa shape index (κ3) is 4.38. The van der Waals surface area contributed by atoms with E-state index in [0.29, 0.717) is 13.0 Å². The van der Waals surface area contributed by atoms with Crippen LogP contribution in [0.1, 0.15) is 28.4 Å². The van der Waals surface area contributed by atoms with Crippen LogP contribution in [0, 0.1) is 13.8 Å². The number of nitrogens with one attached hydrogen (secondary N) is 1. The molecule has 0 aliphatic heterocycles. The Labute approximate surface area is 174 Å². The van der Waals surface area contributed by atoms with E-state index >= 15 is 0 Å². The average Bonchev–Trinajstić information content (AvgIpc) is 3.27. The standard InChI is InChI=1S/C23H24N4OS/c1-16-19(17(2)27(26-16)18-9-4-3-5-10-18)15-22(28)24-14-8-13-23-25-20-11-6-7-12-21(20)29-23/h3-7,9-12H,8,13-15H2,1-2H3,(H,24,28). The molecule has 4 aromatic rings. The number of fused-ring (bicyclic) bond motifs is 1. The van der Waals surface area contributed by atoms with Crippen molar-refractivity contribution in [3.8, 4) is 5.69 Å². The zero-order chi connectivity index (χ0) is 20.2. The van der Waals surface area contributed by atoms with Crippen LogP contribution in [0.2, 0.25) is 0 Å². The van der Waals surface area contributed by atoms with Crippen LogP contribution in [0.3, 0.4) is 0 Å². The summed E-state index contributed by atoms with van der Waals surface area (Å²) in [6.45, 7) is 4.63. The fourth-order valence-electron chi connectivity index (χ4n) is 3.47. The molecule has 6 heteroatoms. The second-order valence-corrected chi connectivity index (χ2v) is 8.22. The van der Waals surface area contributed by atoms with Crippen molar-refractivity contribution in [2.24, 2.45) is 0 Å². The fraction of sp³-hybridized carbons (Fsp3) is 0.261. The molecule has 2 aromatic carbocycles. The monoisotopic (exact) mass is 404 g/mol. The van der Waals surface area contributed by atoms with Gasteiger partial charge in [0.2, 0.25) is 5.91 Å². The number of nitrogens with zero attached hydrogens (tertiary/aromatic N) is 3. The van der Waals surface area contributed by atoms with Gasteiger partial charge in [0.1, 0.15) is 0 Å². The number of benzene rings is 2. The van der Waals surface area contributed by atoms with E-state index in [1.807, 2.05) is 67.1 Å². The third-order valence-electron chi connectivity index (χ3n) is 5.01. The Balaban J connectivity index is 1.31. The van der Waals surface area contributed by atoms with E-state index in [-0.39, 0.29) is 5.91 Å². The van der Waals surface area contributed by atoms with Crippen molar-refractivity contribution in [3.05, 3.63) is 76.6 Å². The highest BCUT2D eigenvalue weighted by molar-refractivity contribution is 7.18. The maximum absolute atomic E-state index is 12.5. The predicted molar refractivity (Wildman–Crippen MR) is 118 cm³/mol. The molecule has 0 fully saturated rings. The smallest absolute Gasteiger partial charge is 0.224 e. The highest BCUT2D eigenvalue weighted by Gasteiger charge is 2.15. The molecule has 4 rings (SSSR count). The Bertz CT molecular complexity index is 1100. The molecule has 0 atom stereocenters. The number of hydrogen-bond donors (Lipinski definition) is 1. The van der Waals surface area contributed by atoms with Crippen LogP contribution >= 0.6 is 11.3 Å². The summed E-state index contributed by atoms with van der Waals surface area (Å²) in [6.07, 6.45) is 2.11. The minimum atomic E-state index is 0.0353. The lowest BCUT2D eigenvalue weighted by Gasteiger charge is -2.06. The zero-order valence-electron chi connectivity index (χ0n) is 16.7. The Morgan fingerprint density at radius 1 is 1.07 bits per heavy atom. The summed E-state index contributed by atoms with van der Waals surface area (Å²) >= 11 is 1.73. The topological polar surface area (TPSA) is 59.8 Å². The van der Waals surface area contributed by atoms with Crippen LogP contribution in [0.15, 0.2) is 54.6 Å². The van der Waals surface area contributed by atoms with E-state index < -0.39 is 0 Å². The molecule has 2 aromatic heterocycles. The second-order valence-electron chi connectivity index (χ2n) is 7.10. The van der Waals surface area contributed by atoms with Gasteiger partial charge in [0.05, 0.1) is 33.0 Å². The minimum absolute atomic E-state index is 0.0353. The van der Waals surface area contributed by atoms with Crippen LogP contribution in [0.25, 0.3) is 15.9 Å². The van der Waals surface area contributed by atoms with Crippen molar-refractivity contribution in [2.45, 2.75) is 33.1 Å². The largest absolute Gasteiger partial charge is 0.356 e. The molecular weight excluding hydrogens is 380 g/mol. The van der Waals surface area contributed by atoms with Crippen molar-refractivity contribution >= 4 is 27.5 Å². The van der Waals surface area contributed by atoms with Gasteiger partial charge in [-0.05, 0) is 44.5 Å². The Morgan fingerprint density at radius 3 is 2.62 bits per heavy atom. The number of carbonyl (C=O) groups excluding carboxylic acids is 1. The van der Waals surface area contributed by atoms with Gasteiger partial charge in [0.15, 0.2) is 0 Å². The van der Waals surface area contributed by atoms with E-state index in [4.69, 9.17) is 0 Å². The molecular formula is C23H24N4OS. The molecule has 1 amide bonds. The first-order valence-corrected chi connectivity index (χ1v) is 10.6. The molecule has 148 valence electrons. The summed E-state index contributed by atoms with van der Waals surface area (Å²) < 4.78 is 3.12. The quantitative estimate of drug-likeness (QED) is 0.465. The number of aromatic nitrogens is 3. The second kappa shape index (κ2) is 8.57. The summed E-state index contributed by atoms with van der Waals surface area (Å²) in [7, 11) is 0. The first kappa shape index (κ1) is 19.3. The first-order valence-electron chi connectivity index (χ1n) is 9.83. The number of carbonyl (C=O) groups is 1. The normalized spacial score (nSPS) is 11.1. The molecule has 0 aliphatic carbocycles. The van der Waals surface area contributed by atoms with Crippen molar-refractivity contribution in [1.82, 2.24) is 20.1 Å². The van der Waals surface area contributed by atoms with Crippen molar-refractivity contribution in [2.75, 3.05) is 6.54 Å².